The number of anilines is 1. The van der Waals surface area contributed by atoms with Gasteiger partial charge in [0.15, 0.2) is 0 Å². The van der Waals surface area contributed by atoms with E-state index in [1.165, 1.54) is 0 Å². The number of ether oxygens (including phenoxy) is 1. The molecule has 2 aromatic rings. The molecular weight excluding hydrogens is 200 g/mol. The lowest BCUT2D eigenvalue weighted by molar-refractivity contribution is 0.186. The third-order valence-corrected chi connectivity index (χ3v) is 2.72. The largest absolute Gasteiger partial charge is 0.383 e. The summed E-state index contributed by atoms with van der Waals surface area (Å²) in [6.07, 6.45) is 0.906. The number of benzene rings is 1. The van der Waals surface area contributed by atoms with Crippen LogP contribution in [0.1, 0.15) is 18.1 Å². The van der Waals surface area contributed by atoms with Crippen LogP contribution in [0.4, 0.5) is 5.82 Å². The Kier molecular flexibility index (Phi) is 3.06. The number of hydrogen-bond acceptors (Lipinski definition) is 3. The average Bonchev–Trinajstić information content (AvgIpc) is 2.29. The molecule has 0 saturated heterocycles. The van der Waals surface area contributed by atoms with Crippen LogP contribution in [0.5, 0.6) is 0 Å². The van der Waals surface area contributed by atoms with Crippen molar-refractivity contribution < 1.29 is 4.74 Å². The first-order valence-corrected chi connectivity index (χ1v) is 5.42. The Morgan fingerprint density at radius 3 is 2.81 bits per heavy atom. The first kappa shape index (κ1) is 10.9. The Hall–Kier alpha value is -1.61. The predicted molar refractivity (Wildman–Crippen MR) is 66.2 cm³/mol. The fraction of sp³-hybridized carbons (Fsp3) is 0.308. The Labute approximate surface area is 95.2 Å². The van der Waals surface area contributed by atoms with Gasteiger partial charge >= 0.3 is 0 Å². The van der Waals surface area contributed by atoms with Crippen LogP contribution in [-0.4, -0.2) is 12.1 Å². The summed E-state index contributed by atoms with van der Waals surface area (Å²) in [5.74, 6) is 0.624. The van der Waals surface area contributed by atoms with Crippen LogP contribution in [0, 0.1) is 0 Å². The van der Waals surface area contributed by atoms with E-state index < -0.39 is 0 Å². The lowest BCUT2D eigenvalue weighted by atomic mass is 10.1. The highest BCUT2D eigenvalue weighted by Crippen LogP contribution is 2.22. The minimum Gasteiger partial charge on any atom is -0.383 e. The van der Waals surface area contributed by atoms with Crippen LogP contribution in [0.3, 0.4) is 0 Å². The predicted octanol–water partition coefficient (Wildman–Crippen LogP) is 2.53. The quantitative estimate of drug-likeness (QED) is 0.857. The maximum atomic E-state index is 5.91. The van der Waals surface area contributed by atoms with Crippen LogP contribution in [0.15, 0.2) is 24.3 Å². The van der Waals surface area contributed by atoms with E-state index in [9.17, 15) is 0 Å². The van der Waals surface area contributed by atoms with Crippen molar-refractivity contribution in [1.82, 2.24) is 4.98 Å². The Morgan fingerprint density at radius 1 is 1.31 bits per heavy atom. The number of rotatable bonds is 3. The van der Waals surface area contributed by atoms with Crippen LogP contribution < -0.4 is 5.73 Å². The fourth-order valence-corrected chi connectivity index (χ4v) is 1.87. The molecule has 3 nitrogen and oxygen atoms in total. The smallest absolute Gasteiger partial charge is 0.127 e. The maximum Gasteiger partial charge on any atom is 0.127 e. The Morgan fingerprint density at radius 2 is 2.12 bits per heavy atom. The molecule has 1 aromatic heterocycles. The number of nitrogen functional groups attached to an aromatic ring is 1. The molecule has 3 heteroatoms. The molecule has 0 aliphatic heterocycles. The fourth-order valence-electron chi connectivity index (χ4n) is 1.87. The second-order valence-electron chi connectivity index (χ2n) is 3.81. The zero-order valence-corrected chi connectivity index (χ0v) is 9.66. The lowest BCUT2D eigenvalue weighted by Gasteiger charge is -2.08. The van der Waals surface area contributed by atoms with Crippen molar-refractivity contribution in [2.24, 2.45) is 0 Å². The summed E-state index contributed by atoms with van der Waals surface area (Å²) >= 11 is 0. The summed E-state index contributed by atoms with van der Waals surface area (Å²) in [7, 11) is 1.68. The van der Waals surface area contributed by atoms with E-state index >= 15 is 0 Å². The number of para-hydroxylation sites is 1. The molecule has 2 rings (SSSR count). The zero-order chi connectivity index (χ0) is 11.5. The van der Waals surface area contributed by atoms with Crippen molar-refractivity contribution in [2.75, 3.05) is 12.8 Å². The van der Waals surface area contributed by atoms with Gasteiger partial charge in [-0.15, -0.1) is 0 Å². The second kappa shape index (κ2) is 4.49. The van der Waals surface area contributed by atoms with Gasteiger partial charge in [-0.1, -0.05) is 25.1 Å². The number of aryl methyl sites for hydroxylation is 1. The molecule has 16 heavy (non-hydrogen) atoms. The van der Waals surface area contributed by atoms with Crippen molar-refractivity contribution in [3.63, 3.8) is 0 Å². The molecule has 1 aromatic carbocycles. The van der Waals surface area contributed by atoms with Gasteiger partial charge in [0.1, 0.15) is 5.82 Å². The number of pyridine rings is 1. The normalized spacial score (nSPS) is 10.9. The first-order chi connectivity index (χ1) is 7.76. The molecule has 0 spiro atoms. The molecule has 2 N–H and O–H groups in total. The molecule has 0 atom stereocenters. The number of hydrogen-bond donors (Lipinski definition) is 1. The average molecular weight is 216 g/mol. The molecule has 0 bridgehead atoms. The van der Waals surface area contributed by atoms with Crippen LogP contribution >= 0.6 is 0 Å². The molecule has 1 heterocycles. The van der Waals surface area contributed by atoms with Gasteiger partial charge in [0.2, 0.25) is 0 Å². The molecule has 0 saturated carbocycles. The summed E-state index contributed by atoms with van der Waals surface area (Å²) in [4.78, 5) is 4.46. The maximum absolute atomic E-state index is 5.91. The van der Waals surface area contributed by atoms with Crippen molar-refractivity contribution in [3.8, 4) is 0 Å². The minimum atomic E-state index is 0.565. The van der Waals surface area contributed by atoms with Crippen LogP contribution in [0.2, 0.25) is 0 Å². The number of nitrogens with two attached hydrogens (primary N) is 1. The Bertz CT molecular complexity index is 509. The van der Waals surface area contributed by atoms with E-state index in [4.69, 9.17) is 10.5 Å². The number of methoxy groups -OCH3 is 1. The molecule has 0 unspecified atom stereocenters. The minimum absolute atomic E-state index is 0.565. The SMILES string of the molecule is CCc1cc2cccc(COC)c2nc1N. The zero-order valence-electron chi connectivity index (χ0n) is 9.66. The van der Waals surface area contributed by atoms with E-state index in [0.29, 0.717) is 12.4 Å². The Balaban J connectivity index is 2.64. The van der Waals surface area contributed by atoms with Gasteiger partial charge in [-0.05, 0) is 18.1 Å². The molecule has 0 aliphatic carbocycles. The summed E-state index contributed by atoms with van der Waals surface area (Å²) in [6.45, 7) is 2.65. The molecular formula is C13H16N2O. The molecule has 84 valence electrons. The van der Waals surface area contributed by atoms with Gasteiger partial charge < -0.3 is 10.5 Å². The first-order valence-electron chi connectivity index (χ1n) is 5.42. The van der Waals surface area contributed by atoms with E-state index in [0.717, 1.165) is 28.5 Å². The van der Waals surface area contributed by atoms with Crippen molar-refractivity contribution in [3.05, 3.63) is 35.4 Å². The van der Waals surface area contributed by atoms with Crippen LogP contribution in [-0.2, 0) is 17.8 Å². The summed E-state index contributed by atoms with van der Waals surface area (Å²) in [5, 5.41) is 1.13. The monoisotopic (exact) mass is 216 g/mol. The van der Waals surface area contributed by atoms with Gasteiger partial charge in [-0.3, -0.25) is 0 Å². The van der Waals surface area contributed by atoms with Crippen molar-refractivity contribution in [2.45, 2.75) is 20.0 Å². The van der Waals surface area contributed by atoms with E-state index in [-0.39, 0.29) is 0 Å². The molecule has 0 fully saturated rings. The van der Waals surface area contributed by atoms with Gasteiger partial charge in [0.05, 0.1) is 12.1 Å². The lowest BCUT2D eigenvalue weighted by Crippen LogP contribution is -1.99. The van der Waals surface area contributed by atoms with Gasteiger partial charge in [0, 0.05) is 18.1 Å². The van der Waals surface area contributed by atoms with Crippen molar-refractivity contribution in [1.29, 1.82) is 0 Å². The standard InChI is InChI=1S/C13H16N2O/c1-3-9-7-10-5-4-6-11(8-16-2)12(10)15-13(9)14/h4-7H,3,8H2,1-2H3,(H2,14,15). The van der Waals surface area contributed by atoms with Gasteiger partial charge in [0.25, 0.3) is 0 Å². The summed E-state index contributed by atoms with van der Waals surface area (Å²) in [6, 6.07) is 8.20. The highest BCUT2D eigenvalue weighted by molar-refractivity contribution is 5.84. The number of fused-ring (bicyclic) bond motifs is 1. The highest BCUT2D eigenvalue weighted by Gasteiger charge is 2.06. The second-order valence-corrected chi connectivity index (χ2v) is 3.81. The highest BCUT2D eigenvalue weighted by atomic mass is 16.5. The van der Waals surface area contributed by atoms with Gasteiger partial charge in [-0.25, -0.2) is 4.98 Å². The van der Waals surface area contributed by atoms with E-state index in [1.54, 1.807) is 7.11 Å². The third-order valence-electron chi connectivity index (χ3n) is 2.72. The summed E-state index contributed by atoms with van der Waals surface area (Å²) < 4.78 is 5.15. The number of nitrogens with zero attached hydrogens (tertiary/aromatic N) is 1. The van der Waals surface area contributed by atoms with E-state index in [2.05, 4.69) is 24.0 Å². The molecule has 0 radical (unpaired) electrons. The number of aromatic nitrogens is 1. The van der Waals surface area contributed by atoms with Crippen molar-refractivity contribution >= 4 is 16.7 Å². The molecule has 0 amide bonds. The van der Waals surface area contributed by atoms with E-state index in [1.807, 2.05) is 12.1 Å². The summed E-state index contributed by atoms with van der Waals surface area (Å²) in [5.41, 5.74) is 9.03. The van der Waals surface area contributed by atoms with Crippen LogP contribution in [0.25, 0.3) is 10.9 Å². The molecule has 0 aliphatic rings. The third kappa shape index (κ3) is 1.86. The topological polar surface area (TPSA) is 48.1 Å². The van der Waals surface area contributed by atoms with Gasteiger partial charge in [-0.2, -0.15) is 0 Å².